The monoisotopic (exact) mass is 233 g/mol. The fraction of sp³-hybridized carbons (Fsp3) is 0.429. The number of benzene rings is 1. The van der Waals surface area contributed by atoms with Crippen molar-refractivity contribution >= 4 is 0 Å². The maximum atomic E-state index is 8.63. The Morgan fingerprint density at radius 2 is 2.18 bits per heavy atom. The molecular weight excluding hydrogens is 214 g/mol. The summed E-state index contributed by atoms with van der Waals surface area (Å²) < 4.78 is 5.41. The van der Waals surface area contributed by atoms with Gasteiger partial charge in [0.05, 0.1) is 0 Å². The fourth-order valence-corrected chi connectivity index (χ4v) is 1.33. The summed E-state index contributed by atoms with van der Waals surface area (Å²) in [5.41, 5.74) is 6.32. The highest BCUT2D eigenvalue weighted by atomic mass is 16.5. The molecule has 0 atom stereocenters. The summed E-state index contributed by atoms with van der Waals surface area (Å²) in [7, 11) is 0. The summed E-state index contributed by atoms with van der Waals surface area (Å²) >= 11 is 0. The van der Waals surface area contributed by atoms with Gasteiger partial charge in [-0.15, -0.1) is 0 Å². The van der Waals surface area contributed by atoms with Crippen molar-refractivity contribution in [1.82, 2.24) is 0 Å². The molecule has 0 aliphatic carbocycles. The molecule has 0 unspecified atom stereocenters. The lowest BCUT2D eigenvalue weighted by molar-refractivity contribution is 0.285. The van der Waals surface area contributed by atoms with Gasteiger partial charge in [0.25, 0.3) is 0 Å². The number of aliphatic hydroxyl groups excluding tert-OH is 1. The maximum Gasteiger partial charge on any atom is 0.120 e. The quantitative estimate of drug-likeness (QED) is 0.579. The van der Waals surface area contributed by atoms with Crippen LogP contribution < -0.4 is 10.5 Å². The SMILES string of the molecule is NCCOc1cccc(C#CCCCCO)c1. The fourth-order valence-electron chi connectivity index (χ4n) is 1.33. The van der Waals surface area contributed by atoms with Gasteiger partial charge in [0.1, 0.15) is 12.4 Å². The number of ether oxygens (including phenoxy) is 1. The van der Waals surface area contributed by atoms with E-state index in [4.69, 9.17) is 15.6 Å². The van der Waals surface area contributed by atoms with Gasteiger partial charge in [-0.05, 0) is 31.0 Å². The van der Waals surface area contributed by atoms with E-state index in [0.29, 0.717) is 13.2 Å². The van der Waals surface area contributed by atoms with E-state index in [1.165, 1.54) is 0 Å². The van der Waals surface area contributed by atoms with Crippen LogP contribution in [0.4, 0.5) is 0 Å². The lowest BCUT2D eigenvalue weighted by Gasteiger charge is -2.03. The number of hydrogen-bond donors (Lipinski definition) is 2. The normalized spacial score (nSPS) is 9.53. The van der Waals surface area contributed by atoms with Crippen LogP contribution in [0.3, 0.4) is 0 Å². The van der Waals surface area contributed by atoms with Gasteiger partial charge in [0.15, 0.2) is 0 Å². The Morgan fingerprint density at radius 3 is 2.94 bits per heavy atom. The van der Waals surface area contributed by atoms with Crippen LogP contribution in [0.2, 0.25) is 0 Å². The molecule has 0 saturated heterocycles. The highest BCUT2D eigenvalue weighted by Crippen LogP contribution is 2.12. The van der Waals surface area contributed by atoms with Crippen LogP contribution in [0, 0.1) is 11.8 Å². The van der Waals surface area contributed by atoms with E-state index >= 15 is 0 Å². The Hall–Kier alpha value is -1.50. The maximum absolute atomic E-state index is 8.63. The zero-order valence-electron chi connectivity index (χ0n) is 9.98. The largest absolute Gasteiger partial charge is 0.492 e. The summed E-state index contributed by atoms with van der Waals surface area (Å²) in [5, 5.41) is 8.63. The van der Waals surface area contributed by atoms with E-state index in [0.717, 1.165) is 30.6 Å². The predicted octanol–water partition coefficient (Wildman–Crippen LogP) is 1.54. The van der Waals surface area contributed by atoms with Gasteiger partial charge in [-0.1, -0.05) is 17.9 Å². The third-order valence-electron chi connectivity index (χ3n) is 2.16. The summed E-state index contributed by atoms with van der Waals surface area (Å²) in [4.78, 5) is 0. The molecular formula is C14H19NO2. The molecule has 0 spiro atoms. The minimum atomic E-state index is 0.240. The molecule has 3 N–H and O–H groups in total. The van der Waals surface area contributed by atoms with Crippen LogP contribution >= 0.6 is 0 Å². The van der Waals surface area contributed by atoms with Gasteiger partial charge in [-0.25, -0.2) is 0 Å². The van der Waals surface area contributed by atoms with E-state index in [-0.39, 0.29) is 6.61 Å². The van der Waals surface area contributed by atoms with Crippen LogP contribution in [0.25, 0.3) is 0 Å². The zero-order valence-corrected chi connectivity index (χ0v) is 9.98. The van der Waals surface area contributed by atoms with Gasteiger partial charge >= 0.3 is 0 Å². The van der Waals surface area contributed by atoms with Gasteiger partial charge in [-0.2, -0.15) is 0 Å². The second kappa shape index (κ2) is 8.63. The molecule has 0 aliphatic rings. The van der Waals surface area contributed by atoms with Gasteiger partial charge in [-0.3, -0.25) is 0 Å². The Morgan fingerprint density at radius 1 is 1.29 bits per heavy atom. The van der Waals surface area contributed by atoms with Crippen molar-refractivity contribution in [2.24, 2.45) is 5.73 Å². The predicted molar refractivity (Wildman–Crippen MR) is 68.8 cm³/mol. The summed E-state index contributed by atoms with van der Waals surface area (Å²) in [6.45, 7) is 1.27. The van der Waals surface area contributed by atoms with Crippen LogP contribution in [-0.2, 0) is 0 Å². The molecule has 0 bridgehead atoms. The average Bonchev–Trinajstić information content (AvgIpc) is 2.37. The molecule has 0 radical (unpaired) electrons. The van der Waals surface area contributed by atoms with Crippen LogP contribution in [-0.4, -0.2) is 24.9 Å². The topological polar surface area (TPSA) is 55.5 Å². The molecule has 0 aliphatic heterocycles. The smallest absolute Gasteiger partial charge is 0.120 e. The Balaban J connectivity index is 2.47. The molecule has 0 heterocycles. The minimum Gasteiger partial charge on any atom is -0.492 e. The Kier molecular flexibility index (Phi) is 6.89. The minimum absolute atomic E-state index is 0.240. The first kappa shape index (κ1) is 13.6. The lowest BCUT2D eigenvalue weighted by Crippen LogP contribution is -2.10. The molecule has 0 saturated carbocycles. The van der Waals surface area contributed by atoms with E-state index in [1.807, 2.05) is 24.3 Å². The van der Waals surface area contributed by atoms with Crippen LogP contribution in [0.15, 0.2) is 24.3 Å². The number of nitrogens with two attached hydrogens (primary N) is 1. The highest BCUT2D eigenvalue weighted by molar-refractivity contribution is 5.39. The molecule has 0 fully saturated rings. The van der Waals surface area contributed by atoms with Gasteiger partial charge in [0, 0.05) is 25.1 Å². The van der Waals surface area contributed by atoms with E-state index in [9.17, 15) is 0 Å². The van der Waals surface area contributed by atoms with Gasteiger partial charge in [0.2, 0.25) is 0 Å². The van der Waals surface area contributed by atoms with E-state index in [1.54, 1.807) is 0 Å². The first-order valence-electron chi connectivity index (χ1n) is 5.89. The highest BCUT2D eigenvalue weighted by Gasteiger charge is 1.93. The average molecular weight is 233 g/mol. The number of aliphatic hydroxyl groups is 1. The van der Waals surface area contributed by atoms with Crippen LogP contribution in [0.1, 0.15) is 24.8 Å². The van der Waals surface area contributed by atoms with E-state index in [2.05, 4.69) is 11.8 Å². The number of unbranched alkanes of at least 4 members (excludes halogenated alkanes) is 2. The van der Waals surface area contributed by atoms with Crippen molar-refractivity contribution in [3.8, 4) is 17.6 Å². The van der Waals surface area contributed by atoms with Crippen molar-refractivity contribution in [3.63, 3.8) is 0 Å². The third-order valence-corrected chi connectivity index (χ3v) is 2.16. The molecule has 17 heavy (non-hydrogen) atoms. The summed E-state index contributed by atoms with van der Waals surface area (Å²) in [5.74, 6) is 6.96. The first-order valence-corrected chi connectivity index (χ1v) is 5.89. The molecule has 1 aromatic rings. The zero-order chi connectivity index (χ0) is 12.3. The van der Waals surface area contributed by atoms with Crippen molar-refractivity contribution in [1.29, 1.82) is 0 Å². The lowest BCUT2D eigenvalue weighted by atomic mass is 10.2. The number of hydrogen-bond acceptors (Lipinski definition) is 3. The summed E-state index contributed by atoms with van der Waals surface area (Å²) in [6, 6.07) is 7.68. The van der Waals surface area contributed by atoms with E-state index < -0.39 is 0 Å². The second-order valence-electron chi connectivity index (χ2n) is 3.65. The Labute approximate surface area is 103 Å². The molecule has 1 rings (SSSR count). The van der Waals surface area contributed by atoms with Crippen molar-refractivity contribution < 1.29 is 9.84 Å². The third kappa shape index (κ3) is 5.96. The molecule has 0 amide bonds. The van der Waals surface area contributed by atoms with Crippen LogP contribution in [0.5, 0.6) is 5.75 Å². The summed E-state index contributed by atoms with van der Waals surface area (Å²) in [6.07, 6.45) is 2.57. The van der Waals surface area contributed by atoms with Gasteiger partial charge < -0.3 is 15.6 Å². The molecule has 3 nitrogen and oxygen atoms in total. The molecule has 1 aromatic carbocycles. The first-order chi connectivity index (χ1) is 8.36. The molecule has 92 valence electrons. The molecule has 3 heteroatoms. The standard InChI is InChI=1S/C14H19NO2/c15-9-11-17-14-8-5-7-13(12-14)6-3-1-2-4-10-16/h5,7-8,12,16H,1-2,4,9-11,15H2. The molecule has 0 aromatic heterocycles. The van der Waals surface area contributed by atoms with Crippen molar-refractivity contribution in [2.45, 2.75) is 19.3 Å². The number of rotatable bonds is 6. The Bertz CT molecular complexity index is 379. The van der Waals surface area contributed by atoms with Crippen molar-refractivity contribution in [3.05, 3.63) is 29.8 Å². The second-order valence-corrected chi connectivity index (χ2v) is 3.65. The van der Waals surface area contributed by atoms with Crippen molar-refractivity contribution in [2.75, 3.05) is 19.8 Å².